The summed E-state index contributed by atoms with van der Waals surface area (Å²) < 4.78 is 24.2. The molecule has 0 saturated carbocycles. The lowest BCUT2D eigenvalue weighted by atomic mass is 10.1. The van der Waals surface area contributed by atoms with Crippen LogP contribution in [0, 0.1) is 0 Å². The highest BCUT2D eigenvalue weighted by Gasteiger charge is 2.11. The van der Waals surface area contributed by atoms with Crippen LogP contribution in [-0.4, -0.2) is 83.8 Å². The van der Waals surface area contributed by atoms with Gasteiger partial charge in [0.2, 0.25) is 0 Å². The van der Waals surface area contributed by atoms with Crippen molar-refractivity contribution >= 4 is 5.69 Å². The summed E-state index contributed by atoms with van der Waals surface area (Å²) in [5, 5.41) is 20.5. The van der Waals surface area contributed by atoms with E-state index in [2.05, 4.69) is 30.7 Å². The first-order valence-corrected chi connectivity index (χ1v) is 10.4. The highest BCUT2D eigenvalue weighted by atomic mass is 16.5. The van der Waals surface area contributed by atoms with E-state index >= 15 is 0 Å². The van der Waals surface area contributed by atoms with E-state index < -0.39 is 0 Å². The molecule has 3 aromatic rings. The Morgan fingerprint density at radius 3 is 1.76 bits per heavy atom. The lowest BCUT2D eigenvalue weighted by Gasteiger charge is -2.04. The van der Waals surface area contributed by atoms with Crippen LogP contribution in [0.3, 0.4) is 0 Å². The van der Waals surface area contributed by atoms with Crippen molar-refractivity contribution in [3.05, 3.63) is 41.0 Å². The summed E-state index contributed by atoms with van der Waals surface area (Å²) in [5.74, 6) is 0. The van der Waals surface area contributed by atoms with Crippen LogP contribution in [0.1, 0.15) is 0 Å². The summed E-state index contributed by atoms with van der Waals surface area (Å²) in [6.07, 6.45) is 3.62. The molecule has 0 saturated heterocycles. The van der Waals surface area contributed by atoms with E-state index in [1.807, 2.05) is 18.5 Å². The van der Waals surface area contributed by atoms with Gasteiger partial charge in [0.25, 0.3) is 0 Å². The first kappa shape index (κ1) is 24.3. The van der Waals surface area contributed by atoms with Crippen molar-refractivity contribution in [1.29, 1.82) is 0 Å². The molecule has 0 amide bonds. The van der Waals surface area contributed by atoms with E-state index in [-0.39, 0.29) is 0 Å². The Labute approximate surface area is 190 Å². The van der Waals surface area contributed by atoms with E-state index in [1.165, 1.54) is 0 Å². The molecule has 0 aliphatic heterocycles. The van der Waals surface area contributed by atoms with Crippen LogP contribution in [0.5, 0.6) is 0 Å². The smallest absolute Gasteiger partial charge is 0.113 e. The number of hydrogen-bond donors (Lipinski definition) is 0. The van der Waals surface area contributed by atoms with Crippen molar-refractivity contribution in [2.45, 2.75) is 13.1 Å². The topological polar surface area (TPSA) is 147 Å². The largest absolute Gasteiger partial charge is 0.382 e. The van der Waals surface area contributed by atoms with Crippen molar-refractivity contribution in [2.75, 3.05) is 53.9 Å². The fraction of sp³-hybridized carbons (Fsp3) is 0.500. The molecule has 2 aromatic heterocycles. The highest BCUT2D eigenvalue weighted by Crippen LogP contribution is 2.30. The van der Waals surface area contributed by atoms with Gasteiger partial charge in [-0.05, 0) is 23.7 Å². The molecule has 33 heavy (non-hydrogen) atoms. The molecular weight excluding hydrogens is 430 g/mol. The number of benzene rings is 1. The number of hydrogen-bond acceptors (Lipinski definition) is 9. The zero-order valence-electron chi connectivity index (χ0n) is 18.7. The molecule has 1 aromatic carbocycles. The lowest BCUT2D eigenvalue weighted by molar-refractivity contribution is 0.0652. The fourth-order valence-corrected chi connectivity index (χ4v) is 2.90. The summed E-state index contributed by atoms with van der Waals surface area (Å²) in [4.78, 5) is 2.90. The maximum Gasteiger partial charge on any atom is 0.113 e. The van der Waals surface area contributed by atoms with E-state index in [0.717, 1.165) is 11.1 Å². The van der Waals surface area contributed by atoms with E-state index in [1.54, 1.807) is 35.7 Å². The fourth-order valence-electron chi connectivity index (χ4n) is 2.90. The third-order valence-electron chi connectivity index (χ3n) is 4.54. The minimum absolute atomic E-state index is 0.444. The average molecular weight is 457 g/mol. The Morgan fingerprint density at radius 1 is 0.788 bits per heavy atom. The molecule has 0 N–H and O–H groups in total. The second-order valence-corrected chi connectivity index (χ2v) is 6.90. The SMILES string of the molecule is COCCOCCn1cc(-c2cc(N=[N+]=[N-])cc(-c3cn(CCOCCOC)nn3)c2)nn1. The molecule has 13 nitrogen and oxygen atoms in total. The van der Waals surface area contributed by atoms with Gasteiger partial charge in [-0.15, -0.1) is 10.2 Å². The molecule has 0 bridgehead atoms. The van der Waals surface area contributed by atoms with Crippen LogP contribution in [0.15, 0.2) is 35.7 Å². The number of aromatic nitrogens is 6. The molecule has 0 fully saturated rings. The minimum Gasteiger partial charge on any atom is -0.382 e. The predicted molar refractivity (Wildman–Crippen MR) is 119 cm³/mol. The monoisotopic (exact) mass is 457 g/mol. The summed E-state index contributed by atoms with van der Waals surface area (Å²) in [7, 11) is 3.26. The summed E-state index contributed by atoms with van der Waals surface area (Å²) in [6.45, 7) is 4.24. The molecule has 0 atom stereocenters. The molecule has 0 aliphatic carbocycles. The number of rotatable bonds is 15. The van der Waals surface area contributed by atoms with Gasteiger partial charge in [0, 0.05) is 35.9 Å². The van der Waals surface area contributed by atoms with Crippen molar-refractivity contribution < 1.29 is 18.9 Å². The second-order valence-electron chi connectivity index (χ2n) is 6.90. The quantitative estimate of drug-likeness (QED) is 0.146. The molecule has 0 spiro atoms. The van der Waals surface area contributed by atoms with E-state index in [4.69, 9.17) is 24.5 Å². The van der Waals surface area contributed by atoms with E-state index in [9.17, 15) is 0 Å². The Kier molecular flexibility index (Phi) is 9.76. The van der Waals surface area contributed by atoms with Gasteiger partial charge in [0.1, 0.15) is 11.4 Å². The molecule has 176 valence electrons. The van der Waals surface area contributed by atoms with Crippen molar-refractivity contribution in [3.63, 3.8) is 0 Å². The molecule has 2 heterocycles. The third kappa shape index (κ3) is 7.63. The first-order valence-electron chi connectivity index (χ1n) is 10.4. The van der Waals surface area contributed by atoms with Crippen LogP contribution in [-0.2, 0) is 32.0 Å². The van der Waals surface area contributed by atoms with Gasteiger partial charge in [-0.25, -0.2) is 9.36 Å². The number of nitrogens with zero attached hydrogens (tertiary/aromatic N) is 9. The Bertz CT molecular complexity index is 975. The van der Waals surface area contributed by atoms with Crippen LogP contribution >= 0.6 is 0 Å². The zero-order chi connectivity index (χ0) is 23.3. The number of azide groups is 1. The lowest BCUT2D eigenvalue weighted by Crippen LogP contribution is -2.09. The van der Waals surface area contributed by atoms with Gasteiger partial charge in [-0.2, -0.15) is 0 Å². The van der Waals surface area contributed by atoms with Crippen LogP contribution < -0.4 is 0 Å². The van der Waals surface area contributed by atoms with Crippen LogP contribution in [0.2, 0.25) is 0 Å². The molecule has 13 heteroatoms. The van der Waals surface area contributed by atoms with Crippen LogP contribution in [0.4, 0.5) is 5.69 Å². The molecule has 3 rings (SSSR count). The zero-order valence-corrected chi connectivity index (χ0v) is 18.7. The van der Waals surface area contributed by atoms with E-state index in [0.29, 0.717) is 69.8 Å². The summed E-state index contributed by atoms with van der Waals surface area (Å²) in [6, 6.07) is 5.41. The molecule has 0 aliphatic rings. The van der Waals surface area contributed by atoms with Crippen molar-refractivity contribution in [2.24, 2.45) is 5.11 Å². The van der Waals surface area contributed by atoms with Crippen molar-refractivity contribution in [1.82, 2.24) is 30.0 Å². The Hall–Kier alpha value is -3.35. The van der Waals surface area contributed by atoms with Crippen molar-refractivity contribution in [3.8, 4) is 22.5 Å². The molecular formula is C20H27N9O4. The van der Waals surface area contributed by atoms with Gasteiger partial charge < -0.3 is 18.9 Å². The van der Waals surface area contributed by atoms with Gasteiger partial charge >= 0.3 is 0 Å². The van der Waals surface area contributed by atoms with Crippen LogP contribution in [0.25, 0.3) is 33.0 Å². The maximum absolute atomic E-state index is 8.92. The average Bonchev–Trinajstić information content (AvgIpc) is 3.49. The summed E-state index contributed by atoms with van der Waals surface area (Å²) in [5.41, 5.74) is 12.1. The highest BCUT2D eigenvalue weighted by molar-refractivity contribution is 5.73. The summed E-state index contributed by atoms with van der Waals surface area (Å²) >= 11 is 0. The Morgan fingerprint density at radius 2 is 1.30 bits per heavy atom. The second kappa shape index (κ2) is 13.3. The predicted octanol–water partition coefficient (Wildman–Crippen LogP) is 2.47. The first-order chi connectivity index (χ1) is 16.2. The van der Waals surface area contributed by atoms with Gasteiger partial charge in [0.15, 0.2) is 0 Å². The normalized spacial score (nSPS) is 11.0. The van der Waals surface area contributed by atoms with Gasteiger partial charge in [0.05, 0.1) is 65.1 Å². The minimum atomic E-state index is 0.444. The standard InChI is InChI=1S/C20H27N9O4/c1-30-7-9-32-5-3-28-14-19(23-26-28)16-11-17(13-18(12-16)22-25-21)20-15-29(27-24-20)4-6-33-10-8-31-2/h11-15H,3-10H2,1-2H3. The Balaban J connectivity index is 1.71. The third-order valence-corrected chi connectivity index (χ3v) is 4.54. The number of methoxy groups -OCH3 is 2. The molecule has 0 radical (unpaired) electrons. The van der Waals surface area contributed by atoms with Gasteiger partial charge in [-0.1, -0.05) is 15.5 Å². The van der Waals surface area contributed by atoms with Gasteiger partial charge in [-0.3, -0.25) is 0 Å². The molecule has 0 unspecified atom stereocenters. The maximum atomic E-state index is 8.92. The number of ether oxygens (including phenoxy) is 4.